The number of carbonyl (C=O) groups excluding carboxylic acids is 2. The van der Waals surface area contributed by atoms with Crippen LogP contribution in [-0.2, 0) is 15.0 Å². The molecule has 0 aromatic heterocycles. The van der Waals surface area contributed by atoms with Crippen molar-refractivity contribution in [3.63, 3.8) is 0 Å². The molecule has 1 aromatic rings. The molecule has 5 heteroatoms. The lowest BCUT2D eigenvalue weighted by Crippen LogP contribution is -2.42. The number of methoxy groups -OCH3 is 1. The third-order valence-electron chi connectivity index (χ3n) is 6.38. The molecule has 3 fully saturated rings. The van der Waals surface area contributed by atoms with Crippen LogP contribution in [0, 0.1) is 5.92 Å². The van der Waals surface area contributed by atoms with Gasteiger partial charge in [0.05, 0.1) is 13.0 Å². The van der Waals surface area contributed by atoms with E-state index in [2.05, 4.69) is 17.4 Å². The van der Waals surface area contributed by atoms with Gasteiger partial charge in [-0.05, 0) is 43.4 Å². The summed E-state index contributed by atoms with van der Waals surface area (Å²) in [5, 5.41) is 3.19. The van der Waals surface area contributed by atoms with Crippen LogP contribution in [-0.4, -0.2) is 43.0 Å². The van der Waals surface area contributed by atoms with E-state index in [1.807, 2.05) is 17.0 Å². The van der Waals surface area contributed by atoms with Crippen LogP contribution < -0.4 is 10.1 Å². The van der Waals surface area contributed by atoms with E-state index in [0.29, 0.717) is 25.6 Å². The largest absolute Gasteiger partial charge is 0.497 e. The summed E-state index contributed by atoms with van der Waals surface area (Å²) in [5.74, 6) is 0.868. The van der Waals surface area contributed by atoms with Crippen LogP contribution in [0.1, 0.15) is 50.5 Å². The van der Waals surface area contributed by atoms with Crippen molar-refractivity contribution < 1.29 is 14.3 Å². The second-order valence-electron chi connectivity index (χ2n) is 8.11. The second kappa shape index (κ2) is 6.93. The van der Waals surface area contributed by atoms with E-state index in [0.717, 1.165) is 31.4 Å². The summed E-state index contributed by atoms with van der Waals surface area (Å²) in [5.41, 5.74) is 1.29. The average molecular weight is 356 g/mol. The zero-order valence-corrected chi connectivity index (χ0v) is 15.5. The molecule has 2 aliphatic carbocycles. The highest BCUT2D eigenvalue weighted by molar-refractivity contribution is 5.89. The van der Waals surface area contributed by atoms with E-state index in [4.69, 9.17) is 4.74 Å². The molecule has 1 aromatic carbocycles. The Labute approximate surface area is 155 Å². The van der Waals surface area contributed by atoms with Crippen molar-refractivity contribution in [3.05, 3.63) is 29.8 Å². The van der Waals surface area contributed by atoms with E-state index in [1.54, 1.807) is 7.11 Å². The van der Waals surface area contributed by atoms with Crippen LogP contribution in [0.4, 0.5) is 0 Å². The Kier molecular flexibility index (Phi) is 4.63. The maximum absolute atomic E-state index is 12.7. The zero-order chi connectivity index (χ0) is 18.1. The van der Waals surface area contributed by atoms with Crippen molar-refractivity contribution in [2.45, 2.75) is 56.4 Å². The smallest absolute Gasteiger partial charge is 0.225 e. The van der Waals surface area contributed by atoms with Crippen molar-refractivity contribution in [1.82, 2.24) is 10.2 Å². The molecular formula is C21H28N2O3. The number of nitrogens with one attached hydrogen (secondary N) is 1. The molecule has 3 aliphatic rings. The van der Waals surface area contributed by atoms with Gasteiger partial charge in [0.15, 0.2) is 0 Å². The average Bonchev–Trinajstić information content (AvgIpc) is 3.26. The Hall–Kier alpha value is -2.04. The number of ether oxygens (including phenoxy) is 1. The number of hydrogen-bond donors (Lipinski definition) is 1. The fourth-order valence-electron chi connectivity index (χ4n) is 4.61. The number of nitrogens with zero attached hydrogens (tertiary/aromatic N) is 1. The van der Waals surface area contributed by atoms with Gasteiger partial charge < -0.3 is 15.0 Å². The second-order valence-corrected chi connectivity index (χ2v) is 8.11. The summed E-state index contributed by atoms with van der Waals surface area (Å²) in [7, 11) is 1.67. The topological polar surface area (TPSA) is 58.6 Å². The third-order valence-corrected chi connectivity index (χ3v) is 6.38. The van der Waals surface area contributed by atoms with Crippen LogP contribution in [0.2, 0.25) is 0 Å². The van der Waals surface area contributed by atoms with Gasteiger partial charge in [0.25, 0.3) is 0 Å². The molecule has 2 amide bonds. The zero-order valence-electron chi connectivity index (χ0n) is 15.5. The first kappa shape index (κ1) is 17.4. The normalized spacial score (nSPS) is 24.7. The summed E-state index contributed by atoms with van der Waals surface area (Å²) < 4.78 is 5.27. The van der Waals surface area contributed by atoms with Gasteiger partial charge in [-0.3, -0.25) is 9.59 Å². The molecule has 4 rings (SSSR count). The minimum absolute atomic E-state index is 0.0146. The predicted molar refractivity (Wildman–Crippen MR) is 99.0 cm³/mol. The maximum atomic E-state index is 12.7. The SMILES string of the molecule is COc1ccc(C2(CNC(=O)C3CC(=O)N(C4CC4)C3)CCCC2)cc1. The first-order valence-corrected chi connectivity index (χ1v) is 9.83. The summed E-state index contributed by atoms with van der Waals surface area (Å²) in [6.07, 6.45) is 7.15. The number of rotatable bonds is 6. The molecule has 1 saturated heterocycles. The van der Waals surface area contributed by atoms with Crippen LogP contribution in [0.25, 0.3) is 0 Å². The van der Waals surface area contributed by atoms with Gasteiger partial charge in [0.2, 0.25) is 11.8 Å². The van der Waals surface area contributed by atoms with E-state index < -0.39 is 0 Å². The van der Waals surface area contributed by atoms with Gasteiger partial charge in [-0.15, -0.1) is 0 Å². The first-order chi connectivity index (χ1) is 12.6. The minimum atomic E-state index is -0.183. The fraction of sp³-hybridized carbons (Fsp3) is 0.619. The van der Waals surface area contributed by atoms with Crippen LogP contribution in [0.3, 0.4) is 0 Å². The van der Waals surface area contributed by atoms with E-state index in [9.17, 15) is 9.59 Å². The summed E-state index contributed by atoms with van der Waals surface area (Å²) in [6.45, 7) is 1.26. The number of hydrogen-bond acceptors (Lipinski definition) is 3. The lowest BCUT2D eigenvalue weighted by molar-refractivity contribution is -0.129. The number of amides is 2. The third kappa shape index (κ3) is 3.31. The Morgan fingerprint density at radius 1 is 1.23 bits per heavy atom. The Bertz CT molecular complexity index is 675. The van der Waals surface area contributed by atoms with Crippen molar-refractivity contribution in [1.29, 1.82) is 0 Å². The summed E-state index contributed by atoms with van der Waals surface area (Å²) >= 11 is 0. The van der Waals surface area contributed by atoms with Crippen molar-refractivity contribution in [2.24, 2.45) is 5.92 Å². The molecule has 0 radical (unpaired) electrons. The fourth-order valence-corrected chi connectivity index (χ4v) is 4.61. The molecule has 1 N–H and O–H groups in total. The maximum Gasteiger partial charge on any atom is 0.225 e. The van der Waals surface area contributed by atoms with Gasteiger partial charge in [0, 0.05) is 31.0 Å². The highest BCUT2D eigenvalue weighted by Gasteiger charge is 2.42. The first-order valence-electron chi connectivity index (χ1n) is 9.83. The molecule has 2 saturated carbocycles. The van der Waals surface area contributed by atoms with Gasteiger partial charge in [0.1, 0.15) is 5.75 Å². The van der Waals surface area contributed by atoms with Gasteiger partial charge >= 0.3 is 0 Å². The Balaban J connectivity index is 1.40. The number of likely N-dealkylation sites (tertiary alicyclic amines) is 1. The number of benzene rings is 1. The Morgan fingerprint density at radius 3 is 2.54 bits per heavy atom. The molecule has 1 unspecified atom stereocenters. The standard InChI is InChI=1S/C21H28N2O3/c1-26-18-8-4-16(5-9-18)21(10-2-3-11-21)14-22-20(25)15-12-19(24)23(13-15)17-6-7-17/h4-5,8-9,15,17H,2-3,6-7,10-14H2,1H3,(H,22,25). The van der Waals surface area contributed by atoms with Crippen molar-refractivity contribution in [3.8, 4) is 5.75 Å². The summed E-state index contributed by atoms with van der Waals surface area (Å²) in [4.78, 5) is 26.7. The molecule has 140 valence electrons. The van der Waals surface area contributed by atoms with Crippen LogP contribution in [0.5, 0.6) is 5.75 Å². The van der Waals surface area contributed by atoms with Crippen molar-refractivity contribution >= 4 is 11.8 Å². The highest BCUT2D eigenvalue weighted by atomic mass is 16.5. The molecule has 1 aliphatic heterocycles. The van der Waals surface area contributed by atoms with E-state index in [1.165, 1.54) is 18.4 Å². The van der Waals surface area contributed by atoms with E-state index in [-0.39, 0.29) is 23.1 Å². The van der Waals surface area contributed by atoms with Gasteiger partial charge in [-0.25, -0.2) is 0 Å². The molecule has 1 heterocycles. The lowest BCUT2D eigenvalue weighted by atomic mass is 9.78. The molecular weight excluding hydrogens is 328 g/mol. The molecule has 26 heavy (non-hydrogen) atoms. The minimum Gasteiger partial charge on any atom is -0.497 e. The highest BCUT2D eigenvalue weighted by Crippen LogP contribution is 2.41. The van der Waals surface area contributed by atoms with Gasteiger partial charge in [-0.2, -0.15) is 0 Å². The molecule has 0 bridgehead atoms. The quantitative estimate of drug-likeness (QED) is 0.852. The molecule has 0 spiro atoms. The van der Waals surface area contributed by atoms with Crippen molar-refractivity contribution in [2.75, 3.05) is 20.2 Å². The van der Waals surface area contributed by atoms with E-state index >= 15 is 0 Å². The molecule has 5 nitrogen and oxygen atoms in total. The lowest BCUT2D eigenvalue weighted by Gasteiger charge is -2.30. The monoisotopic (exact) mass is 356 g/mol. The molecule has 1 atom stereocenters. The number of carbonyl (C=O) groups is 2. The van der Waals surface area contributed by atoms with Crippen LogP contribution in [0.15, 0.2) is 24.3 Å². The van der Waals surface area contributed by atoms with Gasteiger partial charge in [-0.1, -0.05) is 25.0 Å². The Morgan fingerprint density at radius 2 is 1.92 bits per heavy atom. The predicted octanol–water partition coefficient (Wildman–Crippen LogP) is 2.63. The van der Waals surface area contributed by atoms with Crippen LogP contribution >= 0.6 is 0 Å². The summed E-state index contributed by atoms with van der Waals surface area (Å²) in [6, 6.07) is 8.66.